The summed E-state index contributed by atoms with van der Waals surface area (Å²) >= 11 is 0. The van der Waals surface area contributed by atoms with E-state index in [4.69, 9.17) is 10.5 Å². The zero-order chi connectivity index (χ0) is 13.8. The Balaban J connectivity index is 2.14. The van der Waals surface area contributed by atoms with E-state index in [1.165, 1.54) is 0 Å². The minimum absolute atomic E-state index is 0.0572. The molecule has 6 heteroatoms. The van der Waals surface area contributed by atoms with Gasteiger partial charge in [0, 0.05) is 19.7 Å². The van der Waals surface area contributed by atoms with E-state index in [-0.39, 0.29) is 12.0 Å². The Morgan fingerprint density at radius 2 is 2.42 bits per heavy atom. The fourth-order valence-corrected chi connectivity index (χ4v) is 2.32. The van der Waals surface area contributed by atoms with Crippen LogP contribution in [-0.4, -0.2) is 46.8 Å². The summed E-state index contributed by atoms with van der Waals surface area (Å²) in [6, 6.07) is 0. The number of nitrogens with two attached hydrogens (primary N) is 1. The van der Waals surface area contributed by atoms with E-state index in [1.54, 1.807) is 4.90 Å². The van der Waals surface area contributed by atoms with E-state index in [2.05, 4.69) is 17.1 Å². The molecule has 0 aliphatic carbocycles. The Morgan fingerprint density at radius 3 is 3.16 bits per heavy atom. The van der Waals surface area contributed by atoms with Crippen LogP contribution in [0.15, 0.2) is 0 Å². The van der Waals surface area contributed by atoms with Gasteiger partial charge in [-0.25, -0.2) is 0 Å². The molecule has 1 fully saturated rings. The number of hydrogen-bond acceptors (Lipinski definition) is 4. The highest BCUT2D eigenvalue weighted by atomic mass is 16.5. The molecule has 1 aromatic heterocycles. The molecule has 1 aliphatic rings. The molecule has 0 spiro atoms. The van der Waals surface area contributed by atoms with Crippen LogP contribution in [0.25, 0.3) is 0 Å². The van der Waals surface area contributed by atoms with Crippen molar-refractivity contribution in [1.29, 1.82) is 0 Å². The number of carbonyl (C=O) groups is 1. The number of anilines is 1. The number of nitrogens with zero attached hydrogens (tertiary/aromatic N) is 2. The molecule has 0 radical (unpaired) electrons. The van der Waals surface area contributed by atoms with Crippen LogP contribution in [0, 0.1) is 0 Å². The average Bonchev–Trinajstić information content (AvgIpc) is 2.62. The maximum absolute atomic E-state index is 12.4. The SMILES string of the molecule is CCCc1[nH]nc(C(=O)N2CCCOC(C)C2)c1N. The molecule has 0 saturated carbocycles. The van der Waals surface area contributed by atoms with Gasteiger partial charge >= 0.3 is 0 Å². The molecule has 106 valence electrons. The molecule has 1 aliphatic heterocycles. The monoisotopic (exact) mass is 266 g/mol. The van der Waals surface area contributed by atoms with Gasteiger partial charge in [0.15, 0.2) is 5.69 Å². The third-order valence-electron chi connectivity index (χ3n) is 3.32. The van der Waals surface area contributed by atoms with E-state index in [1.807, 2.05) is 6.92 Å². The number of hydrogen-bond donors (Lipinski definition) is 2. The van der Waals surface area contributed by atoms with Crippen LogP contribution in [0.3, 0.4) is 0 Å². The first-order valence-corrected chi connectivity index (χ1v) is 6.87. The highest BCUT2D eigenvalue weighted by Crippen LogP contribution is 2.18. The van der Waals surface area contributed by atoms with Crippen LogP contribution in [-0.2, 0) is 11.2 Å². The Kier molecular flexibility index (Phi) is 4.42. The van der Waals surface area contributed by atoms with Gasteiger partial charge in [0.25, 0.3) is 5.91 Å². The second-order valence-electron chi connectivity index (χ2n) is 5.00. The first kappa shape index (κ1) is 13.9. The zero-order valence-corrected chi connectivity index (χ0v) is 11.6. The van der Waals surface area contributed by atoms with E-state index >= 15 is 0 Å². The normalized spacial score (nSPS) is 20.3. The number of amides is 1. The summed E-state index contributed by atoms with van der Waals surface area (Å²) in [4.78, 5) is 14.2. The summed E-state index contributed by atoms with van der Waals surface area (Å²) in [6.45, 7) is 6.02. The maximum Gasteiger partial charge on any atom is 0.276 e. The number of ether oxygens (including phenoxy) is 1. The Morgan fingerprint density at radius 1 is 1.63 bits per heavy atom. The second-order valence-corrected chi connectivity index (χ2v) is 5.00. The molecule has 19 heavy (non-hydrogen) atoms. The molecule has 2 heterocycles. The molecular weight excluding hydrogens is 244 g/mol. The van der Waals surface area contributed by atoms with Crippen LogP contribution in [0.2, 0.25) is 0 Å². The number of aromatic amines is 1. The van der Waals surface area contributed by atoms with E-state index in [0.29, 0.717) is 31.1 Å². The Bertz CT molecular complexity index is 444. The molecule has 2 rings (SSSR count). The van der Waals surface area contributed by atoms with Gasteiger partial charge in [-0.3, -0.25) is 9.89 Å². The summed E-state index contributed by atoms with van der Waals surface area (Å²) in [5, 5.41) is 6.95. The predicted octanol–water partition coefficient (Wildman–Crippen LogP) is 1.20. The Labute approximate surface area is 113 Å². The van der Waals surface area contributed by atoms with Gasteiger partial charge in [0.1, 0.15) is 0 Å². The number of nitrogen functional groups attached to an aromatic ring is 1. The molecule has 1 aromatic rings. The lowest BCUT2D eigenvalue weighted by molar-refractivity contribution is 0.0560. The third-order valence-corrected chi connectivity index (χ3v) is 3.32. The largest absolute Gasteiger partial charge is 0.395 e. The molecule has 0 bridgehead atoms. The highest BCUT2D eigenvalue weighted by molar-refractivity contribution is 5.97. The third kappa shape index (κ3) is 3.07. The van der Waals surface area contributed by atoms with Gasteiger partial charge in [-0.1, -0.05) is 13.3 Å². The van der Waals surface area contributed by atoms with Crippen molar-refractivity contribution in [3.05, 3.63) is 11.4 Å². The van der Waals surface area contributed by atoms with E-state index < -0.39 is 0 Å². The molecule has 1 amide bonds. The number of H-pyrrole nitrogens is 1. The standard InChI is InChI=1S/C13H22N4O2/c1-3-5-10-11(14)12(16-15-10)13(18)17-6-4-7-19-9(2)8-17/h9H,3-8,14H2,1-2H3,(H,15,16). The number of aryl methyl sites for hydroxylation is 1. The number of carbonyl (C=O) groups excluding carboxylic acids is 1. The lowest BCUT2D eigenvalue weighted by Crippen LogP contribution is -2.36. The van der Waals surface area contributed by atoms with Crippen molar-refractivity contribution in [2.45, 2.75) is 39.2 Å². The number of rotatable bonds is 3. The molecule has 1 atom stereocenters. The summed E-state index contributed by atoms with van der Waals surface area (Å²) in [5.74, 6) is -0.103. The fourth-order valence-electron chi connectivity index (χ4n) is 2.32. The van der Waals surface area contributed by atoms with Crippen LogP contribution >= 0.6 is 0 Å². The summed E-state index contributed by atoms with van der Waals surface area (Å²) < 4.78 is 5.54. The molecule has 1 unspecified atom stereocenters. The molecule has 1 saturated heterocycles. The molecule has 6 nitrogen and oxygen atoms in total. The van der Waals surface area contributed by atoms with Crippen molar-refractivity contribution >= 4 is 11.6 Å². The number of nitrogens with one attached hydrogen (secondary N) is 1. The average molecular weight is 266 g/mol. The van der Waals surface area contributed by atoms with Gasteiger partial charge in [0.2, 0.25) is 0 Å². The fraction of sp³-hybridized carbons (Fsp3) is 0.692. The predicted molar refractivity (Wildman–Crippen MR) is 72.9 cm³/mol. The molecule has 3 N–H and O–H groups in total. The second kappa shape index (κ2) is 6.06. The van der Waals surface area contributed by atoms with Gasteiger partial charge in [-0.15, -0.1) is 0 Å². The van der Waals surface area contributed by atoms with Crippen molar-refractivity contribution in [1.82, 2.24) is 15.1 Å². The Hall–Kier alpha value is -1.56. The van der Waals surface area contributed by atoms with Crippen molar-refractivity contribution in [3.63, 3.8) is 0 Å². The minimum atomic E-state index is -0.103. The van der Waals surface area contributed by atoms with E-state index in [0.717, 1.165) is 25.0 Å². The van der Waals surface area contributed by atoms with Crippen LogP contribution in [0.1, 0.15) is 42.9 Å². The lowest BCUT2D eigenvalue weighted by atomic mass is 10.2. The van der Waals surface area contributed by atoms with Gasteiger partial charge in [0.05, 0.1) is 17.5 Å². The lowest BCUT2D eigenvalue weighted by Gasteiger charge is -2.21. The van der Waals surface area contributed by atoms with E-state index in [9.17, 15) is 4.79 Å². The first-order valence-electron chi connectivity index (χ1n) is 6.87. The molecule has 0 aromatic carbocycles. The van der Waals surface area contributed by atoms with Crippen LogP contribution in [0.5, 0.6) is 0 Å². The van der Waals surface area contributed by atoms with Gasteiger partial charge < -0.3 is 15.4 Å². The molecular formula is C13H22N4O2. The summed E-state index contributed by atoms with van der Waals surface area (Å²) in [6.07, 6.45) is 2.68. The quantitative estimate of drug-likeness (QED) is 0.861. The van der Waals surface area contributed by atoms with Crippen molar-refractivity contribution in [2.24, 2.45) is 0 Å². The summed E-state index contributed by atoms with van der Waals surface area (Å²) in [5.41, 5.74) is 7.69. The number of aromatic nitrogens is 2. The van der Waals surface area contributed by atoms with Crippen LogP contribution in [0.4, 0.5) is 5.69 Å². The van der Waals surface area contributed by atoms with Gasteiger partial charge in [-0.05, 0) is 19.8 Å². The van der Waals surface area contributed by atoms with Crippen molar-refractivity contribution in [2.75, 3.05) is 25.4 Å². The van der Waals surface area contributed by atoms with Gasteiger partial charge in [-0.2, -0.15) is 5.10 Å². The topological polar surface area (TPSA) is 84.2 Å². The first-order chi connectivity index (χ1) is 9.13. The minimum Gasteiger partial charge on any atom is -0.395 e. The summed E-state index contributed by atoms with van der Waals surface area (Å²) in [7, 11) is 0. The van der Waals surface area contributed by atoms with Crippen molar-refractivity contribution in [3.8, 4) is 0 Å². The van der Waals surface area contributed by atoms with Crippen LogP contribution < -0.4 is 5.73 Å². The smallest absolute Gasteiger partial charge is 0.276 e. The zero-order valence-electron chi connectivity index (χ0n) is 11.6. The van der Waals surface area contributed by atoms with Crippen molar-refractivity contribution < 1.29 is 9.53 Å². The maximum atomic E-state index is 12.4. The highest BCUT2D eigenvalue weighted by Gasteiger charge is 2.25.